The van der Waals surface area contributed by atoms with Crippen LogP contribution in [0.1, 0.15) is 11.9 Å². The van der Waals surface area contributed by atoms with Gasteiger partial charge in [0, 0.05) is 18.2 Å². The summed E-state index contributed by atoms with van der Waals surface area (Å²) < 4.78 is 41.9. The Kier molecular flexibility index (Phi) is 4.17. The molecule has 2 aromatic heterocycles. The number of benzene rings is 2. The van der Waals surface area contributed by atoms with Gasteiger partial charge in [-0.1, -0.05) is 11.6 Å². The second-order valence-electron chi connectivity index (χ2n) is 6.65. The van der Waals surface area contributed by atoms with E-state index in [1.165, 1.54) is 12.4 Å². The third-order valence-corrected chi connectivity index (χ3v) is 5.09. The molecule has 0 saturated carbocycles. The first-order chi connectivity index (χ1) is 14.4. The maximum absolute atomic E-state index is 14.8. The Morgan fingerprint density at radius 3 is 2.80 bits per heavy atom. The Labute approximate surface area is 173 Å². The molecule has 2 aromatic carbocycles. The second kappa shape index (κ2) is 6.77. The lowest BCUT2D eigenvalue weighted by Gasteiger charge is -2.27. The fourth-order valence-corrected chi connectivity index (χ4v) is 3.52. The average Bonchev–Trinajstić information content (AvgIpc) is 3.18. The smallest absolute Gasteiger partial charge is 0.194 e. The first-order valence-electron chi connectivity index (χ1n) is 8.80. The minimum atomic E-state index is -0.914. The lowest BCUT2D eigenvalue weighted by molar-refractivity contribution is 0.0871. The molecule has 0 spiro atoms. The van der Waals surface area contributed by atoms with Crippen LogP contribution in [-0.2, 0) is 7.05 Å². The van der Waals surface area contributed by atoms with Gasteiger partial charge in [-0.05, 0) is 18.2 Å². The van der Waals surface area contributed by atoms with E-state index in [0.717, 1.165) is 6.07 Å². The van der Waals surface area contributed by atoms with Gasteiger partial charge in [0.1, 0.15) is 35.9 Å². The third kappa shape index (κ3) is 2.79. The lowest BCUT2D eigenvalue weighted by atomic mass is 9.99. The monoisotopic (exact) mass is 430 g/mol. The number of aryl methyl sites for hydroxylation is 1. The predicted octanol–water partition coefficient (Wildman–Crippen LogP) is 3.45. The molecular weight excluding hydrogens is 418 g/mol. The molecule has 1 atom stereocenters. The van der Waals surface area contributed by atoms with Crippen LogP contribution in [0.4, 0.5) is 14.6 Å². The molecule has 8 nitrogen and oxygen atoms in total. The Morgan fingerprint density at radius 2 is 2.03 bits per heavy atom. The average molecular weight is 431 g/mol. The molecule has 0 saturated heterocycles. The van der Waals surface area contributed by atoms with Crippen LogP contribution in [0.25, 0.3) is 22.0 Å². The van der Waals surface area contributed by atoms with Crippen LogP contribution in [-0.4, -0.2) is 31.3 Å². The number of hydrogen-bond acceptors (Lipinski definition) is 7. The summed E-state index contributed by atoms with van der Waals surface area (Å²) in [6.45, 7) is 0.127. The fourth-order valence-electron chi connectivity index (χ4n) is 3.35. The van der Waals surface area contributed by atoms with Crippen molar-refractivity contribution in [2.45, 2.75) is 6.10 Å². The molecule has 0 amide bonds. The van der Waals surface area contributed by atoms with E-state index in [-0.39, 0.29) is 18.0 Å². The minimum Gasteiger partial charge on any atom is -0.485 e. The van der Waals surface area contributed by atoms with Crippen molar-refractivity contribution < 1.29 is 18.3 Å². The first kappa shape index (κ1) is 18.5. The summed E-state index contributed by atoms with van der Waals surface area (Å²) in [4.78, 5) is 12.5. The highest BCUT2D eigenvalue weighted by Crippen LogP contribution is 2.47. The van der Waals surface area contributed by atoms with Gasteiger partial charge in [-0.15, -0.1) is 0 Å². The number of ether oxygens (including phenoxy) is 2. The van der Waals surface area contributed by atoms with Gasteiger partial charge in [0.05, 0.1) is 10.9 Å². The molecular formula is C19H13ClF2N6O2. The molecule has 5 rings (SSSR count). The number of halogens is 3. The molecule has 152 valence electrons. The number of nitrogen functional groups attached to an aromatic ring is 1. The highest BCUT2D eigenvalue weighted by atomic mass is 35.5. The Morgan fingerprint density at radius 1 is 1.20 bits per heavy atom. The largest absolute Gasteiger partial charge is 0.485 e. The van der Waals surface area contributed by atoms with Crippen molar-refractivity contribution in [2.24, 2.45) is 7.05 Å². The number of rotatable bonds is 2. The summed E-state index contributed by atoms with van der Waals surface area (Å²) in [5.41, 5.74) is 6.77. The lowest BCUT2D eigenvalue weighted by Crippen LogP contribution is -2.23. The standard InChI is InChI=1S/C19H13ClF2N6O2/c1-28-7-26-19(27-28)12-5-29-11-4-9(8-2-3-10(21)14(20)15(8)22)16-13(17(11)30-12)18(23)25-6-24-16/h2-4,6-7,12H,5H2,1H3,(H2,23,24,25)/t12-/m0/s1. The molecule has 3 heterocycles. The molecule has 11 heteroatoms. The van der Waals surface area contributed by atoms with Crippen molar-refractivity contribution in [3.05, 3.63) is 53.3 Å². The van der Waals surface area contributed by atoms with Crippen molar-refractivity contribution in [1.82, 2.24) is 24.7 Å². The zero-order chi connectivity index (χ0) is 21.0. The molecule has 0 unspecified atom stereocenters. The van der Waals surface area contributed by atoms with Crippen molar-refractivity contribution in [2.75, 3.05) is 12.3 Å². The van der Waals surface area contributed by atoms with E-state index in [0.29, 0.717) is 33.8 Å². The van der Waals surface area contributed by atoms with E-state index in [1.54, 1.807) is 24.1 Å². The van der Waals surface area contributed by atoms with Gasteiger partial charge < -0.3 is 15.2 Å². The van der Waals surface area contributed by atoms with Gasteiger partial charge in [0.15, 0.2) is 29.2 Å². The number of fused-ring (bicyclic) bond motifs is 3. The van der Waals surface area contributed by atoms with E-state index in [2.05, 4.69) is 20.1 Å². The predicted molar refractivity (Wildman–Crippen MR) is 104 cm³/mol. The first-order valence-corrected chi connectivity index (χ1v) is 9.18. The van der Waals surface area contributed by atoms with Gasteiger partial charge in [-0.3, -0.25) is 4.68 Å². The van der Waals surface area contributed by atoms with Gasteiger partial charge in [0.2, 0.25) is 0 Å². The van der Waals surface area contributed by atoms with Crippen molar-refractivity contribution in [1.29, 1.82) is 0 Å². The summed E-state index contributed by atoms with van der Waals surface area (Å²) in [6.07, 6.45) is 2.22. The number of anilines is 1. The molecule has 30 heavy (non-hydrogen) atoms. The summed E-state index contributed by atoms with van der Waals surface area (Å²) in [6, 6.07) is 3.91. The van der Waals surface area contributed by atoms with Crippen molar-refractivity contribution >= 4 is 28.3 Å². The van der Waals surface area contributed by atoms with Crippen LogP contribution in [0, 0.1) is 11.6 Å². The van der Waals surface area contributed by atoms with Crippen LogP contribution < -0.4 is 15.2 Å². The summed E-state index contributed by atoms with van der Waals surface area (Å²) in [7, 11) is 1.74. The molecule has 0 aliphatic carbocycles. The molecule has 0 fully saturated rings. The third-order valence-electron chi connectivity index (χ3n) is 4.74. The zero-order valence-corrected chi connectivity index (χ0v) is 16.2. The number of hydrogen-bond donors (Lipinski definition) is 1. The van der Waals surface area contributed by atoms with Gasteiger partial charge >= 0.3 is 0 Å². The van der Waals surface area contributed by atoms with Gasteiger partial charge in [-0.25, -0.2) is 23.7 Å². The summed E-state index contributed by atoms with van der Waals surface area (Å²) >= 11 is 5.77. The molecule has 0 bridgehead atoms. The van der Waals surface area contributed by atoms with Crippen LogP contribution >= 0.6 is 11.6 Å². The van der Waals surface area contributed by atoms with Crippen LogP contribution in [0.5, 0.6) is 11.5 Å². The van der Waals surface area contributed by atoms with Gasteiger partial charge in [0.25, 0.3) is 0 Å². The van der Waals surface area contributed by atoms with E-state index in [1.807, 2.05) is 0 Å². The zero-order valence-electron chi connectivity index (χ0n) is 15.4. The topological polar surface area (TPSA) is 101 Å². The quantitative estimate of drug-likeness (QED) is 0.486. The molecule has 1 aliphatic rings. The normalized spacial score (nSPS) is 15.5. The van der Waals surface area contributed by atoms with Crippen LogP contribution in [0.15, 0.2) is 30.9 Å². The van der Waals surface area contributed by atoms with E-state index < -0.39 is 22.8 Å². The molecule has 4 aromatic rings. The number of nitrogens with two attached hydrogens (primary N) is 1. The Hall–Kier alpha value is -3.53. The molecule has 1 aliphatic heterocycles. The van der Waals surface area contributed by atoms with Crippen molar-refractivity contribution in [3.63, 3.8) is 0 Å². The number of aromatic nitrogens is 5. The second-order valence-corrected chi connectivity index (χ2v) is 7.03. The summed E-state index contributed by atoms with van der Waals surface area (Å²) in [5.74, 6) is -0.616. The van der Waals surface area contributed by atoms with Crippen molar-refractivity contribution in [3.8, 4) is 22.6 Å². The highest BCUT2D eigenvalue weighted by Gasteiger charge is 2.30. The Balaban J connectivity index is 1.72. The van der Waals surface area contributed by atoms with Gasteiger partial charge in [-0.2, -0.15) is 5.10 Å². The maximum atomic E-state index is 14.8. The summed E-state index contributed by atoms with van der Waals surface area (Å²) in [5, 5.41) is 3.97. The molecule has 2 N–H and O–H groups in total. The van der Waals surface area contributed by atoms with E-state index in [4.69, 9.17) is 26.8 Å². The maximum Gasteiger partial charge on any atom is 0.194 e. The SMILES string of the molecule is Cn1cnc([C@@H]2COc3cc(-c4ccc(F)c(Cl)c4F)c4ncnc(N)c4c3O2)n1. The number of nitrogens with zero attached hydrogens (tertiary/aromatic N) is 5. The fraction of sp³-hybridized carbons (Fsp3) is 0.158. The van der Waals surface area contributed by atoms with Crippen LogP contribution in [0.3, 0.4) is 0 Å². The van der Waals surface area contributed by atoms with Crippen LogP contribution in [0.2, 0.25) is 5.02 Å². The van der Waals surface area contributed by atoms with E-state index in [9.17, 15) is 8.78 Å². The van der Waals surface area contributed by atoms with E-state index >= 15 is 0 Å². The molecule has 0 radical (unpaired) electrons. The Bertz CT molecular complexity index is 1310. The minimum absolute atomic E-state index is 0.0458. The highest BCUT2D eigenvalue weighted by molar-refractivity contribution is 6.31.